The number of carbonyl (C=O) groups is 1. The molecule has 0 aliphatic heterocycles. The number of carbonyl (C=O) groups excluding carboxylic acids is 1. The Labute approximate surface area is 136 Å². The molecule has 3 rings (SSSR count). The first-order chi connectivity index (χ1) is 10.6. The molecular formula is C16H13ClN2O2S. The van der Waals surface area contributed by atoms with E-state index in [1.165, 1.54) is 11.5 Å². The highest BCUT2D eigenvalue weighted by atomic mass is 35.5. The van der Waals surface area contributed by atoms with Crippen LogP contribution in [0.3, 0.4) is 0 Å². The van der Waals surface area contributed by atoms with E-state index in [1.807, 2.05) is 16.9 Å². The normalized spacial score (nSPS) is 10.8. The van der Waals surface area contributed by atoms with E-state index in [-0.39, 0.29) is 10.6 Å². The number of anilines is 1. The number of hydrogen-bond acceptors (Lipinski definition) is 3. The first-order valence-corrected chi connectivity index (χ1v) is 7.95. The van der Waals surface area contributed by atoms with Crippen molar-refractivity contribution in [1.29, 1.82) is 0 Å². The largest absolute Gasteiger partial charge is 0.322 e. The summed E-state index contributed by atoms with van der Waals surface area (Å²) in [6, 6.07) is 12.2. The standard InChI is InChI=1S/C16H13ClN2O2S/c1-2-19-14-8-7-10(9-12(14)16(21)22-19)18-15(20)11-5-3-4-6-13(11)17/h3-9H,2H2,1H3,(H,18,20). The molecule has 1 aromatic heterocycles. The number of hydrogen-bond donors (Lipinski definition) is 1. The summed E-state index contributed by atoms with van der Waals surface area (Å²) in [5, 5.41) is 3.79. The number of rotatable bonds is 3. The van der Waals surface area contributed by atoms with Crippen LogP contribution in [0.2, 0.25) is 5.02 Å². The van der Waals surface area contributed by atoms with Crippen molar-refractivity contribution >= 4 is 45.6 Å². The molecule has 0 saturated carbocycles. The zero-order valence-corrected chi connectivity index (χ0v) is 13.4. The summed E-state index contributed by atoms with van der Waals surface area (Å²) in [6.45, 7) is 2.73. The Morgan fingerprint density at radius 2 is 2.05 bits per heavy atom. The topological polar surface area (TPSA) is 51.1 Å². The van der Waals surface area contributed by atoms with Crippen molar-refractivity contribution < 1.29 is 4.79 Å². The SMILES string of the molecule is CCn1sc(=O)c2cc(NC(=O)c3ccccc3Cl)ccc21. The van der Waals surface area contributed by atoms with Crippen molar-refractivity contribution in [3.05, 3.63) is 62.6 Å². The van der Waals surface area contributed by atoms with Crippen LogP contribution in [0.5, 0.6) is 0 Å². The van der Waals surface area contributed by atoms with Gasteiger partial charge in [0.2, 0.25) is 0 Å². The molecule has 0 bridgehead atoms. The van der Waals surface area contributed by atoms with Crippen molar-refractivity contribution in [2.75, 3.05) is 5.32 Å². The molecule has 0 fully saturated rings. The van der Waals surface area contributed by atoms with Gasteiger partial charge in [-0.25, -0.2) is 0 Å². The van der Waals surface area contributed by atoms with Crippen LogP contribution in [0.15, 0.2) is 47.3 Å². The summed E-state index contributed by atoms with van der Waals surface area (Å²) in [7, 11) is 0. The summed E-state index contributed by atoms with van der Waals surface area (Å²) >= 11 is 7.20. The third-order valence-electron chi connectivity index (χ3n) is 3.34. The highest BCUT2D eigenvalue weighted by Crippen LogP contribution is 2.21. The molecule has 112 valence electrons. The molecule has 0 unspecified atom stereocenters. The van der Waals surface area contributed by atoms with E-state index >= 15 is 0 Å². The first-order valence-electron chi connectivity index (χ1n) is 6.80. The van der Waals surface area contributed by atoms with Gasteiger partial charge in [-0.05, 0) is 48.8 Å². The van der Waals surface area contributed by atoms with Gasteiger partial charge in [0.05, 0.1) is 21.5 Å². The maximum atomic E-state index is 12.2. The fourth-order valence-corrected chi connectivity index (χ4v) is 3.34. The number of halogens is 1. The fourth-order valence-electron chi connectivity index (χ4n) is 2.27. The quantitative estimate of drug-likeness (QED) is 0.788. The second-order valence-electron chi connectivity index (χ2n) is 4.74. The zero-order chi connectivity index (χ0) is 15.7. The van der Waals surface area contributed by atoms with E-state index in [9.17, 15) is 9.59 Å². The minimum absolute atomic E-state index is 0.00862. The molecule has 1 amide bonds. The van der Waals surface area contributed by atoms with Crippen LogP contribution in [0.4, 0.5) is 5.69 Å². The molecule has 1 N–H and O–H groups in total. The summed E-state index contributed by atoms with van der Waals surface area (Å²) in [6.07, 6.45) is 0. The van der Waals surface area contributed by atoms with Crippen molar-refractivity contribution in [3.8, 4) is 0 Å². The van der Waals surface area contributed by atoms with Gasteiger partial charge in [0.1, 0.15) is 0 Å². The summed E-state index contributed by atoms with van der Waals surface area (Å²) < 4.78 is 1.92. The Balaban J connectivity index is 1.95. The third-order valence-corrected chi connectivity index (χ3v) is 4.73. The molecule has 0 aliphatic carbocycles. The van der Waals surface area contributed by atoms with Crippen LogP contribution in [-0.2, 0) is 6.54 Å². The molecule has 3 aromatic rings. The number of nitrogens with zero attached hydrogens (tertiary/aromatic N) is 1. The summed E-state index contributed by atoms with van der Waals surface area (Å²) in [4.78, 5) is 24.2. The van der Waals surface area contributed by atoms with Crippen molar-refractivity contribution in [3.63, 3.8) is 0 Å². The van der Waals surface area contributed by atoms with E-state index < -0.39 is 0 Å². The van der Waals surface area contributed by atoms with Crippen LogP contribution in [-0.4, -0.2) is 9.86 Å². The molecule has 6 heteroatoms. The number of aromatic nitrogens is 1. The van der Waals surface area contributed by atoms with Crippen LogP contribution in [0, 0.1) is 0 Å². The number of fused-ring (bicyclic) bond motifs is 1. The van der Waals surface area contributed by atoms with Gasteiger partial charge in [0.15, 0.2) is 0 Å². The number of amides is 1. The van der Waals surface area contributed by atoms with Gasteiger partial charge >= 0.3 is 0 Å². The molecule has 0 atom stereocenters. The maximum Gasteiger partial charge on any atom is 0.257 e. The molecule has 1 heterocycles. The number of nitrogens with one attached hydrogen (secondary N) is 1. The average Bonchev–Trinajstić information content (AvgIpc) is 2.84. The molecular weight excluding hydrogens is 320 g/mol. The van der Waals surface area contributed by atoms with E-state index in [0.29, 0.717) is 21.7 Å². The van der Waals surface area contributed by atoms with Crippen LogP contribution >= 0.6 is 23.1 Å². The van der Waals surface area contributed by atoms with Crippen LogP contribution < -0.4 is 10.1 Å². The minimum atomic E-state index is -0.295. The highest BCUT2D eigenvalue weighted by molar-refractivity contribution is 7.05. The summed E-state index contributed by atoms with van der Waals surface area (Å²) in [5.74, 6) is -0.295. The van der Waals surface area contributed by atoms with E-state index in [0.717, 1.165) is 12.1 Å². The van der Waals surface area contributed by atoms with Gasteiger partial charge in [-0.3, -0.25) is 13.5 Å². The highest BCUT2D eigenvalue weighted by Gasteiger charge is 2.12. The van der Waals surface area contributed by atoms with Crippen molar-refractivity contribution in [1.82, 2.24) is 3.96 Å². The molecule has 4 nitrogen and oxygen atoms in total. The Morgan fingerprint density at radius 1 is 1.27 bits per heavy atom. The van der Waals surface area contributed by atoms with Crippen molar-refractivity contribution in [2.45, 2.75) is 13.5 Å². The molecule has 0 saturated heterocycles. The molecule has 2 aromatic carbocycles. The van der Waals surface area contributed by atoms with Gasteiger partial charge < -0.3 is 5.32 Å². The lowest BCUT2D eigenvalue weighted by atomic mass is 10.2. The van der Waals surface area contributed by atoms with E-state index in [4.69, 9.17) is 11.6 Å². The average molecular weight is 333 g/mol. The second kappa shape index (κ2) is 5.94. The van der Waals surface area contributed by atoms with Gasteiger partial charge in [0.25, 0.3) is 10.6 Å². The molecule has 0 radical (unpaired) electrons. The van der Waals surface area contributed by atoms with E-state index in [1.54, 1.807) is 36.4 Å². The molecule has 0 aliphatic rings. The van der Waals surface area contributed by atoms with Gasteiger partial charge in [-0.2, -0.15) is 0 Å². The number of aryl methyl sites for hydroxylation is 1. The second-order valence-corrected chi connectivity index (χ2v) is 6.14. The van der Waals surface area contributed by atoms with Gasteiger partial charge in [-0.1, -0.05) is 23.7 Å². The Kier molecular flexibility index (Phi) is 4.00. The van der Waals surface area contributed by atoms with E-state index in [2.05, 4.69) is 5.32 Å². The lowest BCUT2D eigenvalue weighted by molar-refractivity contribution is 0.102. The minimum Gasteiger partial charge on any atom is -0.322 e. The monoisotopic (exact) mass is 332 g/mol. The Bertz CT molecular complexity index is 914. The molecule has 22 heavy (non-hydrogen) atoms. The maximum absolute atomic E-state index is 12.2. The smallest absolute Gasteiger partial charge is 0.257 e. The summed E-state index contributed by atoms with van der Waals surface area (Å²) in [5.41, 5.74) is 1.87. The predicted octanol–water partition coefficient (Wildman–Crippen LogP) is 3.99. The number of benzene rings is 2. The van der Waals surface area contributed by atoms with Gasteiger partial charge in [-0.15, -0.1) is 0 Å². The molecule has 0 spiro atoms. The lowest BCUT2D eigenvalue weighted by Crippen LogP contribution is -2.12. The van der Waals surface area contributed by atoms with Gasteiger partial charge in [0, 0.05) is 12.2 Å². The third kappa shape index (κ3) is 2.65. The van der Waals surface area contributed by atoms with Crippen LogP contribution in [0.1, 0.15) is 17.3 Å². The van der Waals surface area contributed by atoms with Crippen molar-refractivity contribution in [2.24, 2.45) is 0 Å². The first kappa shape index (κ1) is 14.8. The Hall–Kier alpha value is -2.11. The van der Waals surface area contributed by atoms with Crippen LogP contribution in [0.25, 0.3) is 10.9 Å². The Morgan fingerprint density at radius 3 is 2.77 bits per heavy atom. The fraction of sp³-hybridized carbons (Fsp3) is 0.125. The predicted molar refractivity (Wildman–Crippen MR) is 91.2 cm³/mol. The zero-order valence-electron chi connectivity index (χ0n) is 11.8. The lowest BCUT2D eigenvalue weighted by Gasteiger charge is -2.07.